The van der Waals surface area contributed by atoms with Crippen LogP contribution >= 0.6 is 0 Å². The summed E-state index contributed by atoms with van der Waals surface area (Å²) in [6.07, 6.45) is -0.777. The van der Waals surface area contributed by atoms with Gasteiger partial charge in [-0.15, -0.1) is 0 Å². The molecule has 20 nitrogen and oxygen atoms in total. The van der Waals surface area contributed by atoms with Crippen molar-refractivity contribution in [3.8, 4) is 0 Å². The van der Waals surface area contributed by atoms with Crippen molar-refractivity contribution in [3.05, 3.63) is 22.5 Å². The zero-order chi connectivity index (χ0) is 52.0. The predicted molar refractivity (Wildman–Crippen MR) is 252 cm³/mol. The summed E-state index contributed by atoms with van der Waals surface area (Å²) in [4.78, 5) is 110. The molecule has 378 valence electrons. The highest BCUT2D eigenvalue weighted by Gasteiger charge is 2.42. The number of aliphatic hydroxyl groups is 2. The molecule has 0 saturated carbocycles. The van der Waals surface area contributed by atoms with E-state index in [4.69, 9.17) is 4.74 Å². The van der Waals surface area contributed by atoms with E-state index in [-0.39, 0.29) is 29.8 Å². The van der Waals surface area contributed by atoms with Crippen molar-refractivity contribution in [2.24, 2.45) is 17.8 Å². The van der Waals surface area contributed by atoms with Gasteiger partial charge in [0, 0.05) is 12.6 Å². The van der Waals surface area contributed by atoms with Gasteiger partial charge in [0.2, 0.25) is 29.5 Å². The van der Waals surface area contributed by atoms with Gasteiger partial charge in [0.25, 0.3) is 11.8 Å². The molecule has 0 rings (SSSR count). The first-order chi connectivity index (χ1) is 29.8. The summed E-state index contributed by atoms with van der Waals surface area (Å²) < 4.78 is 5.22. The number of ether oxygens (including phenoxy) is 1. The molecule has 0 aromatic rings. The lowest BCUT2D eigenvalue weighted by atomic mass is 9.94. The summed E-state index contributed by atoms with van der Waals surface area (Å²) in [5, 5.41) is 42.5. The molecule has 0 aliphatic carbocycles. The maximum Gasteiger partial charge on any atom is 0.408 e. The minimum absolute atomic E-state index is 0.0535. The monoisotopic (exact) mass is 938 g/mol. The minimum atomic E-state index is -1.96. The SMILES string of the molecule is CC/C(C)=C(\NC(=O)[C@H](NC(=O)[C@@H](NC(=O)OC(C)(C)C)C(C)(C)O)C(C)(C)O)C(=O)N[C@H](C)C(=O)N[C@H](C(=O)N[C@@H](C(=O)NC(C(=O)N[C@H](CN(C)C)C(C)C)=C(C)C)C(C)C)C(C)C. The molecule has 0 aliphatic heterocycles. The van der Waals surface area contributed by atoms with E-state index in [2.05, 4.69) is 42.5 Å². The predicted octanol–water partition coefficient (Wildman–Crippen LogP) is 1.61. The lowest BCUT2D eigenvalue weighted by Crippen LogP contribution is -2.65. The Morgan fingerprint density at radius 2 is 0.985 bits per heavy atom. The van der Waals surface area contributed by atoms with Gasteiger partial charge in [-0.3, -0.25) is 33.6 Å². The minimum Gasteiger partial charge on any atom is -0.444 e. The molecule has 6 atom stereocenters. The standard InChI is InChI=1S/C46H83N9O11/c1-21-27(10)33(52-41(61)34(45(15,16)64)53-42(62)35(46(17,18)65)54-43(63)66-44(12,13)14)40(60)47-28(11)36(56)49-31(25(6)7)38(58)51-32(26(8)9)39(59)50-30(24(4)5)37(57)48-29(23(2)3)22-55(19)20/h23,25-26,28-29,31-32,34-35,64-65H,21-22H2,1-20H3,(H,47,60)(H,48,57)(H,49,56)(H,50,59)(H,51,58)(H,52,61)(H,53,62)(H,54,63)/b33-27-/t28-,29-,31+,32-,34+,35-/m1/s1. The third kappa shape index (κ3) is 20.6. The Kier molecular flexibility index (Phi) is 23.7. The fourth-order valence-corrected chi connectivity index (χ4v) is 6.10. The fourth-order valence-electron chi connectivity index (χ4n) is 6.10. The van der Waals surface area contributed by atoms with Crippen molar-refractivity contribution < 1.29 is 53.3 Å². The average Bonchev–Trinajstić information content (AvgIpc) is 3.14. The second kappa shape index (κ2) is 25.7. The van der Waals surface area contributed by atoms with Gasteiger partial charge in [-0.1, -0.05) is 48.5 Å². The van der Waals surface area contributed by atoms with Crippen molar-refractivity contribution in [2.75, 3.05) is 20.6 Å². The molecule has 0 spiro atoms. The highest BCUT2D eigenvalue weighted by molar-refractivity contribution is 6.03. The first-order valence-corrected chi connectivity index (χ1v) is 22.5. The largest absolute Gasteiger partial charge is 0.444 e. The molecule has 0 unspecified atom stereocenters. The van der Waals surface area contributed by atoms with Crippen LogP contribution < -0.4 is 42.5 Å². The number of carbonyl (C=O) groups excluding carboxylic acids is 8. The van der Waals surface area contributed by atoms with E-state index in [0.717, 1.165) is 0 Å². The van der Waals surface area contributed by atoms with Crippen molar-refractivity contribution in [1.29, 1.82) is 0 Å². The maximum atomic E-state index is 13.8. The zero-order valence-corrected chi connectivity index (χ0v) is 43.1. The van der Waals surface area contributed by atoms with Gasteiger partial charge in [0.05, 0.1) is 11.2 Å². The van der Waals surface area contributed by atoms with E-state index >= 15 is 0 Å². The number of rotatable bonds is 23. The van der Waals surface area contributed by atoms with Gasteiger partial charge in [0.1, 0.15) is 47.2 Å². The Bertz CT molecular complexity index is 1800. The summed E-state index contributed by atoms with van der Waals surface area (Å²) >= 11 is 0. The number of amides is 8. The molecule has 66 heavy (non-hydrogen) atoms. The van der Waals surface area contributed by atoms with Crippen molar-refractivity contribution >= 4 is 47.4 Å². The van der Waals surface area contributed by atoms with Crippen LogP contribution in [0.1, 0.15) is 131 Å². The van der Waals surface area contributed by atoms with Crippen LogP contribution in [0, 0.1) is 17.8 Å². The number of nitrogens with one attached hydrogen (secondary N) is 8. The Labute approximate surface area is 392 Å². The number of nitrogens with zero attached hydrogens (tertiary/aromatic N) is 1. The molecular formula is C46H83N9O11. The van der Waals surface area contributed by atoms with Gasteiger partial charge < -0.3 is 62.4 Å². The Morgan fingerprint density at radius 1 is 0.545 bits per heavy atom. The summed E-state index contributed by atoms with van der Waals surface area (Å²) in [6, 6.07) is -7.21. The van der Waals surface area contributed by atoms with Crippen LogP contribution in [0.2, 0.25) is 0 Å². The number of likely N-dealkylation sites (N-methyl/N-ethyl adjacent to an activating group) is 1. The van der Waals surface area contributed by atoms with Crippen LogP contribution in [0.3, 0.4) is 0 Å². The van der Waals surface area contributed by atoms with E-state index in [9.17, 15) is 48.6 Å². The van der Waals surface area contributed by atoms with E-state index in [1.54, 1.807) is 76.2 Å². The summed E-state index contributed by atoms with van der Waals surface area (Å²) in [5.74, 6) is -6.43. The molecule has 0 aromatic heterocycles. The number of hydrogen-bond donors (Lipinski definition) is 10. The van der Waals surface area contributed by atoms with Crippen LogP contribution in [0.15, 0.2) is 22.5 Å². The quantitative estimate of drug-likeness (QED) is 0.0655. The topological polar surface area (TPSA) is 286 Å². The van der Waals surface area contributed by atoms with Gasteiger partial charge in [-0.05, 0) is 126 Å². The first-order valence-electron chi connectivity index (χ1n) is 22.5. The van der Waals surface area contributed by atoms with Gasteiger partial charge >= 0.3 is 6.09 Å². The highest BCUT2D eigenvalue weighted by Crippen LogP contribution is 2.17. The molecule has 0 heterocycles. The second-order valence-corrected chi connectivity index (χ2v) is 20.4. The Hall–Kier alpha value is -5.08. The van der Waals surface area contributed by atoms with E-state index in [0.29, 0.717) is 17.7 Å². The number of allylic oxidation sites excluding steroid dienone is 2. The molecule has 20 heteroatoms. The summed E-state index contributed by atoms with van der Waals surface area (Å²) in [7, 11) is 3.79. The van der Waals surface area contributed by atoms with Crippen molar-refractivity contribution in [3.63, 3.8) is 0 Å². The number of carbonyl (C=O) groups is 8. The zero-order valence-electron chi connectivity index (χ0n) is 43.1. The lowest BCUT2D eigenvalue weighted by Gasteiger charge is -2.34. The molecule has 0 saturated heterocycles. The second-order valence-electron chi connectivity index (χ2n) is 20.4. The Morgan fingerprint density at radius 3 is 1.39 bits per heavy atom. The molecule has 0 fully saturated rings. The normalized spacial score (nSPS) is 15.2. The van der Waals surface area contributed by atoms with E-state index in [1.807, 2.05) is 32.8 Å². The third-order valence-corrected chi connectivity index (χ3v) is 10.2. The molecule has 0 aliphatic rings. The highest BCUT2D eigenvalue weighted by atomic mass is 16.6. The summed E-state index contributed by atoms with van der Waals surface area (Å²) in [5.41, 5.74) is -4.11. The van der Waals surface area contributed by atoms with Crippen molar-refractivity contribution in [1.82, 2.24) is 47.4 Å². The molecule has 8 amide bonds. The molecule has 0 radical (unpaired) electrons. The number of alkyl carbamates (subject to hydrolysis) is 1. The average molecular weight is 938 g/mol. The van der Waals surface area contributed by atoms with Crippen molar-refractivity contribution in [2.45, 2.75) is 184 Å². The van der Waals surface area contributed by atoms with Gasteiger partial charge in [-0.25, -0.2) is 4.79 Å². The molecule has 10 N–H and O–H groups in total. The third-order valence-electron chi connectivity index (χ3n) is 10.2. The van der Waals surface area contributed by atoms with Crippen LogP contribution in [0.4, 0.5) is 4.79 Å². The maximum absolute atomic E-state index is 13.8. The van der Waals surface area contributed by atoms with Gasteiger partial charge in [0.15, 0.2) is 0 Å². The Balaban J connectivity index is 6.29. The van der Waals surface area contributed by atoms with Crippen LogP contribution in [-0.4, -0.2) is 136 Å². The van der Waals surface area contributed by atoms with E-state index < -0.39 is 106 Å². The van der Waals surface area contributed by atoms with E-state index in [1.165, 1.54) is 34.6 Å². The smallest absolute Gasteiger partial charge is 0.408 e. The van der Waals surface area contributed by atoms with Gasteiger partial charge in [-0.2, -0.15) is 0 Å². The summed E-state index contributed by atoms with van der Waals surface area (Å²) in [6.45, 7) is 29.1. The van der Waals surface area contributed by atoms with Crippen LogP contribution in [-0.2, 0) is 38.3 Å². The first kappa shape index (κ1) is 60.9. The molecule has 0 aromatic carbocycles. The lowest BCUT2D eigenvalue weighted by molar-refractivity contribution is -0.138. The molecular weight excluding hydrogens is 855 g/mol. The van der Waals surface area contributed by atoms with Crippen LogP contribution in [0.25, 0.3) is 0 Å². The fraction of sp³-hybridized carbons (Fsp3) is 0.739. The molecule has 0 bridgehead atoms. The van der Waals surface area contributed by atoms with Crippen LogP contribution in [0.5, 0.6) is 0 Å². The number of hydrogen-bond acceptors (Lipinski definition) is 12.